The van der Waals surface area contributed by atoms with Gasteiger partial charge >= 0.3 is 12.1 Å². The standard InChI is InChI=1S/C15H13F2N3S.C2HF3O2/c16-11-2-1-3-12(17)10(11)6-9(8-21)15-19-13-4-5-18-7-14(13)20-15;3-2(4,5)1(6)7/h1-5,7,9,21H,6,8H2,(H,19,20);(H,6,7)/t9-;/m1./s1. The summed E-state index contributed by atoms with van der Waals surface area (Å²) in [6.45, 7) is 0. The quantitative estimate of drug-likeness (QED) is 0.439. The van der Waals surface area contributed by atoms with Crippen molar-refractivity contribution in [3.63, 3.8) is 0 Å². The molecule has 0 amide bonds. The number of nitrogens with one attached hydrogen (secondary N) is 1. The number of aromatic nitrogens is 3. The van der Waals surface area contributed by atoms with E-state index in [1.807, 2.05) is 0 Å². The highest BCUT2D eigenvalue weighted by Gasteiger charge is 2.38. The Balaban J connectivity index is 0.000000345. The molecule has 3 rings (SSSR count). The van der Waals surface area contributed by atoms with Gasteiger partial charge in [-0.25, -0.2) is 18.6 Å². The molecule has 11 heteroatoms. The molecule has 5 nitrogen and oxygen atoms in total. The number of alkyl halides is 3. The van der Waals surface area contributed by atoms with Gasteiger partial charge in [0, 0.05) is 23.4 Å². The van der Waals surface area contributed by atoms with Crippen LogP contribution in [0.4, 0.5) is 22.0 Å². The van der Waals surface area contributed by atoms with E-state index in [1.165, 1.54) is 18.2 Å². The summed E-state index contributed by atoms with van der Waals surface area (Å²) in [7, 11) is 0. The summed E-state index contributed by atoms with van der Waals surface area (Å²) in [5, 5.41) is 7.12. The summed E-state index contributed by atoms with van der Waals surface area (Å²) in [6.07, 6.45) is -1.56. The molecule has 3 aromatic rings. The number of halogens is 5. The third-order valence-corrected chi connectivity index (χ3v) is 4.10. The molecule has 0 fully saturated rings. The Labute approximate surface area is 161 Å². The number of rotatable bonds is 4. The minimum atomic E-state index is -5.08. The van der Waals surface area contributed by atoms with Gasteiger partial charge in [-0.1, -0.05) is 6.07 Å². The molecule has 0 aliphatic carbocycles. The Kier molecular flexibility index (Phi) is 6.95. The van der Waals surface area contributed by atoms with Gasteiger partial charge in [0.2, 0.25) is 0 Å². The fourth-order valence-corrected chi connectivity index (χ4v) is 2.59. The number of pyridine rings is 1. The average molecular weight is 419 g/mol. The van der Waals surface area contributed by atoms with E-state index in [2.05, 4.69) is 27.6 Å². The van der Waals surface area contributed by atoms with Crippen LogP contribution in [0, 0.1) is 11.6 Å². The van der Waals surface area contributed by atoms with E-state index in [0.717, 1.165) is 11.0 Å². The molecule has 0 spiro atoms. The van der Waals surface area contributed by atoms with Gasteiger partial charge in [0.25, 0.3) is 0 Å². The first kappa shape index (κ1) is 21.6. The first-order valence-electron chi connectivity index (χ1n) is 7.77. The molecule has 0 radical (unpaired) electrons. The van der Waals surface area contributed by atoms with Crippen LogP contribution < -0.4 is 0 Å². The molecular weight excluding hydrogens is 405 g/mol. The summed E-state index contributed by atoms with van der Waals surface area (Å²) < 4.78 is 59.3. The number of nitrogens with zero attached hydrogens (tertiary/aromatic N) is 2. The van der Waals surface area contributed by atoms with Crippen molar-refractivity contribution in [3.05, 3.63) is 59.7 Å². The number of imidazole rings is 1. The number of fused-ring (bicyclic) bond motifs is 1. The van der Waals surface area contributed by atoms with Crippen molar-refractivity contribution < 1.29 is 31.9 Å². The zero-order chi connectivity index (χ0) is 20.9. The first-order valence-corrected chi connectivity index (χ1v) is 8.40. The van der Waals surface area contributed by atoms with Crippen LogP contribution in [-0.4, -0.2) is 38.0 Å². The van der Waals surface area contributed by atoms with E-state index in [1.54, 1.807) is 18.5 Å². The molecule has 0 unspecified atom stereocenters. The molecule has 150 valence electrons. The van der Waals surface area contributed by atoms with Gasteiger partial charge in [-0.15, -0.1) is 0 Å². The van der Waals surface area contributed by atoms with Crippen molar-refractivity contribution in [1.82, 2.24) is 15.0 Å². The number of benzene rings is 1. The second kappa shape index (κ2) is 9.00. The number of hydrogen-bond acceptors (Lipinski definition) is 4. The molecule has 28 heavy (non-hydrogen) atoms. The van der Waals surface area contributed by atoms with Crippen molar-refractivity contribution in [2.24, 2.45) is 0 Å². The fourth-order valence-electron chi connectivity index (χ4n) is 2.29. The van der Waals surface area contributed by atoms with Crippen molar-refractivity contribution in [3.8, 4) is 0 Å². The summed E-state index contributed by atoms with van der Waals surface area (Å²) in [5.74, 6) is -2.95. The molecule has 0 saturated carbocycles. The summed E-state index contributed by atoms with van der Waals surface area (Å²) in [5.41, 5.74) is 1.64. The second-order valence-corrected chi connectivity index (χ2v) is 5.97. The van der Waals surface area contributed by atoms with Gasteiger partial charge in [0.05, 0.1) is 17.2 Å². The van der Waals surface area contributed by atoms with Gasteiger partial charge in [-0.2, -0.15) is 25.8 Å². The Hall–Kier alpha value is -2.69. The maximum absolute atomic E-state index is 13.8. The number of hydrogen-bond donors (Lipinski definition) is 3. The topological polar surface area (TPSA) is 78.9 Å². The van der Waals surface area contributed by atoms with Crippen molar-refractivity contribution >= 4 is 29.6 Å². The van der Waals surface area contributed by atoms with E-state index in [0.29, 0.717) is 11.6 Å². The molecule has 2 heterocycles. The highest BCUT2D eigenvalue weighted by molar-refractivity contribution is 7.80. The number of aliphatic carboxylic acids is 1. The van der Waals surface area contributed by atoms with Crippen LogP contribution in [0.3, 0.4) is 0 Å². The van der Waals surface area contributed by atoms with Gasteiger partial charge in [-0.3, -0.25) is 4.98 Å². The Bertz CT molecular complexity index is 908. The predicted octanol–water partition coefficient (Wildman–Crippen LogP) is 4.13. The fraction of sp³-hybridized carbons (Fsp3) is 0.235. The third kappa shape index (κ3) is 5.41. The molecule has 2 aromatic heterocycles. The molecule has 1 aromatic carbocycles. The van der Waals surface area contributed by atoms with Crippen molar-refractivity contribution in [2.75, 3.05) is 5.75 Å². The number of thiol groups is 1. The number of carbonyl (C=O) groups is 1. The number of H-pyrrole nitrogens is 1. The maximum atomic E-state index is 13.8. The molecule has 0 aliphatic rings. The zero-order valence-corrected chi connectivity index (χ0v) is 14.9. The lowest BCUT2D eigenvalue weighted by atomic mass is 9.99. The smallest absolute Gasteiger partial charge is 0.475 e. The molecular formula is C17H14F5N3O2S. The van der Waals surface area contributed by atoms with E-state index in [9.17, 15) is 22.0 Å². The predicted molar refractivity (Wildman–Crippen MR) is 94.2 cm³/mol. The van der Waals surface area contributed by atoms with Crippen molar-refractivity contribution in [1.29, 1.82) is 0 Å². The molecule has 1 atom stereocenters. The van der Waals surface area contributed by atoms with E-state index in [4.69, 9.17) is 9.90 Å². The Morgan fingerprint density at radius 1 is 1.21 bits per heavy atom. The summed E-state index contributed by atoms with van der Waals surface area (Å²) in [4.78, 5) is 20.5. The molecule has 0 aliphatic heterocycles. The zero-order valence-electron chi connectivity index (χ0n) is 14.0. The molecule has 0 saturated heterocycles. The van der Waals surface area contributed by atoms with E-state index in [-0.39, 0.29) is 17.9 Å². The minimum Gasteiger partial charge on any atom is -0.475 e. The maximum Gasteiger partial charge on any atom is 0.490 e. The first-order chi connectivity index (χ1) is 13.1. The summed E-state index contributed by atoms with van der Waals surface area (Å²) in [6, 6.07) is 5.67. The normalized spacial score (nSPS) is 12.4. The van der Waals surface area contributed by atoms with Crippen LogP contribution in [0.25, 0.3) is 11.0 Å². The van der Waals surface area contributed by atoms with Gasteiger partial charge < -0.3 is 10.1 Å². The van der Waals surface area contributed by atoms with Crippen LogP contribution >= 0.6 is 12.6 Å². The monoisotopic (exact) mass is 419 g/mol. The van der Waals surface area contributed by atoms with E-state index >= 15 is 0 Å². The average Bonchev–Trinajstić information content (AvgIpc) is 3.05. The third-order valence-electron chi connectivity index (χ3n) is 3.66. The van der Waals surface area contributed by atoms with Crippen LogP contribution in [0.2, 0.25) is 0 Å². The molecule has 2 N–H and O–H groups in total. The Morgan fingerprint density at radius 2 is 1.82 bits per heavy atom. The lowest BCUT2D eigenvalue weighted by Crippen LogP contribution is -2.21. The highest BCUT2D eigenvalue weighted by Crippen LogP contribution is 2.25. The van der Waals surface area contributed by atoms with Gasteiger partial charge in [0.1, 0.15) is 17.5 Å². The van der Waals surface area contributed by atoms with Crippen LogP contribution in [-0.2, 0) is 11.2 Å². The lowest BCUT2D eigenvalue weighted by molar-refractivity contribution is -0.192. The van der Waals surface area contributed by atoms with Gasteiger partial charge in [-0.05, 0) is 24.6 Å². The number of carboxylic acid groups (broad SMARTS) is 1. The number of carboxylic acids is 1. The molecule has 0 bridgehead atoms. The largest absolute Gasteiger partial charge is 0.490 e. The SMILES string of the molecule is Fc1cccc(F)c1C[C@H](CS)c1nc2ccncc2[nH]1.O=C(O)C(F)(F)F. The Morgan fingerprint density at radius 3 is 2.32 bits per heavy atom. The second-order valence-electron chi connectivity index (χ2n) is 5.60. The van der Waals surface area contributed by atoms with Crippen molar-refractivity contribution in [2.45, 2.75) is 18.5 Å². The summed E-state index contributed by atoms with van der Waals surface area (Å²) >= 11 is 4.29. The number of aromatic amines is 1. The highest BCUT2D eigenvalue weighted by atomic mass is 32.1. The minimum absolute atomic E-state index is 0.0649. The van der Waals surface area contributed by atoms with Crippen LogP contribution in [0.5, 0.6) is 0 Å². The van der Waals surface area contributed by atoms with E-state index < -0.39 is 23.8 Å². The lowest BCUT2D eigenvalue weighted by Gasteiger charge is -2.13. The van der Waals surface area contributed by atoms with Crippen LogP contribution in [0.1, 0.15) is 17.3 Å². The van der Waals surface area contributed by atoms with Gasteiger partial charge in [0.15, 0.2) is 0 Å². The van der Waals surface area contributed by atoms with Crippen LogP contribution in [0.15, 0.2) is 36.7 Å².